The van der Waals surface area contributed by atoms with Gasteiger partial charge >= 0.3 is 0 Å². The minimum atomic E-state index is 0.264. The first-order chi connectivity index (χ1) is 12.4. The van der Waals surface area contributed by atoms with Crippen molar-refractivity contribution in [3.63, 3.8) is 0 Å². The van der Waals surface area contributed by atoms with Crippen molar-refractivity contribution in [1.29, 1.82) is 0 Å². The van der Waals surface area contributed by atoms with E-state index in [9.17, 15) is 10.2 Å². The summed E-state index contributed by atoms with van der Waals surface area (Å²) in [6.07, 6.45) is 0.498. The highest BCUT2D eigenvalue weighted by Gasteiger charge is 2.14. The average molecular weight is 346 g/mol. The Bertz CT molecular complexity index is 939. The summed E-state index contributed by atoms with van der Waals surface area (Å²) in [7, 11) is 0. The lowest BCUT2D eigenvalue weighted by Gasteiger charge is -2.16. The third kappa shape index (κ3) is 3.60. The zero-order chi connectivity index (χ0) is 18.8. The van der Waals surface area contributed by atoms with Crippen molar-refractivity contribution in [3.8, 4) is 22.6 Å². The molecule has 0 spiro atoms. The highest BCUT2D eigenvalue weighted by molar-refractivity contribution is 5.71. The van der Waals surface area contributed by atoms with Crippen molar-refractivity contribution in [3.05, 3.63) is 82.4 Å². The molecule has 3 aromatic rings. The zero-order valence-electron chi connectivity index (χ0n) is 15.9. The van der Waals surface area contributed by atoms with E-state index in [-0.39, 0.29) is 5.75 Å². The summed E-state index contributed by atoms with van der Waals surface area (Å²) in [5, 5.41) is 20.8. The van der Waals surface area contributed by atoms with Crippen LogP contribution in [0.3, 0.4) is 0 Å². The fraction of sp³-hybridized carbons (Fsp3) is 0.250. The maximum Gasteiger partial charge on any atom is 0.122 e. The third-order valence-electron chi connectivity index (χ3n) is 4.89. The molecule has 3 aromatic carbocycles. The van der Waals surface area contributed by atoms with Gasteiger partial charge in [-0.15, -0.1) is 0 Å². The molecule has 26 heavy (non-hydrogen) atoms. The molecule has 0 aliphatic heterocycles. The molecule has 0 aromatic heterocycles. The van der Waals surface area contributed by atoms with Gasteiger partial charge in [0.15, 0.2) is 0 Å². The van der Waals surface area contributed by atoms with Gasteiger partial charge in [0.05, 0.1) is 0 Å². The lowest BCUT2D eigenvalue weighted by Crippen LogP contribution is -1.96. The maximum atomic E-state index is 10.6. The van der Waals surface area contributed by atoms with Gasteiger partial charge in [-0.05, 0) is 71.3 Å². The summed E-state index contributed by atoms with van der Waals surface area (Å²) in [6.45, 7) is 8.31. The Hall–Kier alpha value is -2.74. The fourth-order valence-electron chi connectivity index (χ4n) is 3.47. The van der Waals surface area contributed by atoms with Gasteiger partial charge in [0, 0.05) is 6.42 Å². The number of rotatable bonds is 4. The van der Waals surface area contributed by atoms with Crippen molar-refractivity contribution < 1.29 is 10.2 Å². The first kappa shape index (κ1) is 18.1. The molecule has 2 N–H and O–H groups in total. The second-order valence-corrected chi connectivity index (χ2v) is 7.35. The van der Waals surface area contributed by atoms with Crippen molar-refractivity contribution in [1.82, 2.24) is 0 Å². The van der Waals surface area contributed by atoms with E-state index in [1.807, 2.05) is 38.1 Å². The van der Waals surface area contributed by atoms with E-state index < -0.39 is 0 Å². The molecule has 2 heteroatoms. The van der Waals surface area contributed by atoms with Crippen LogP contribution in [-0.2, 0) is 6.42 Å². The van der Waals surface area contributed by atoms with Gasteiger partial charge in [0.1, 0.15) is 11.5 Å². The number of aromatic hydroxyl groups is 2. The number of aryl methyl sites for hydroxylation is 2. The SMILES string of the molecule is Cc1ccc(O)c(Cc2cc(-c3ccccc3C(C)C)cc(C)c2O)c1. The Balaban J connectivity index is 2.10. The molecule has 0 radical (unpaired) electrons. The van der Waals surface area contributed by atoms with Crippen LogP contribution in [0.15, 0.2) is 54.6 Å². The summed E-state index contributed by atoms with van der Waals surface area (Å²) >= 11 is 0. The summed E-state index contributed by atoms with van der Waals surface area (Å²) < 4.78 is 0. The van der Waals surface area contributed by atoms with Crippen LogP contribution in [0.2, 0.25) is 0 Å². The van der Waals surface area contributed by atoms with Crippen LogP contribution >= 0.6 is 0 Å². The van der Waals surface area contributed by atoms with Gasteiger partial charge < -0.3 is 10.2 Å². The minimum absolute atomic E-state index is 0.264. The summed E-state index contributed by atoms with van der Waals surface area (Å²) in [5.74, 6) is 0.988. The first-order valence-electron chi connectivity index (χ1n) is 9.07. The molecule has 2 nitrogen and oxygen atoms in total. The quantitative estimate of drug-likeness (QED) is 0.599. The molecule has 0 heterocycles. The number of phenolic OH excluding ortho intramolecular Hbond substituents is 2. The van der Waals surface area contributed by atoms with E-state index in [2.05, 4.69) is 38.1 Å². The lowest BCUT2D eigenvalue weighted by molar-refractivity contribution is 0.460. The van der Waals surface area contributed by atoms with Crippen molar-refractivity contribution in [2.24, 2.45) is 0 Å². The van der Waals surface area contributed by atoms with Crippen molar-refractivity contribution in [2.45, 2.75) is 40.0 Å². The van der Waals surface area contributed by atoms with Crippen LogP contribution in [0, 0.1) is 13.8 Å². The first-order valence-corrected chi connectivity index (χ1v) is 9.07. The highest BCUT2D eigenvalue weighted by atomic mass is 16.3. The molecule has 0 amide bonds. The van der Waals surface area contributed by atoms with E-state index >= 15 is 0 Å². The number of hydrogen-bond donors (Lipinski definition) is 2. The Labute approximate surface area is 155 Å². The maximum absolute atomic E-state index is 10.6. The minimum Gasteiger partial charge on any atom is -0.508 e. The topological polar surface area (TPSA) is 40.5 Å². The van der Waals surface area contributed by atoms with Crippen LogP contribution < -0.4 is 0 Å². The molecule has 0 aliphatic rings. The Morgan fingerprint density at radius 3 is 2.31 bits per heavy atom. The molecular weight excluding hydrogens is 320 g/mol. The Morgan fingerprint density at radius 1 is 0.846 bits per heavy atom. The van der Waals surface area contributed by atoms with Crippen LogP contribution in [-0.4, -0.2) is 10.2 Å². The summed E-state index contributed by atoms with van der Waals surface area (Å²) in [5.41, 5.74) is 7.20. The van der Waals surface area contributed by atoms with E-state index in [1.54, 1.807) is 6.07 Å². The number of phenols is 2. The van der Waals surface area contributed by atoms with Gasteiger partial charge in [-0.3, -0.25) is 0 Å². The number of benzene rings is 3. The smallest absolute Gasteiger partial charge is 0.122 e. The van der Waals surface area contributed by atoms with Crippen molar-refractivity contribution in [2.75, 3.05) is 0 Å². The fourth-order valence-corrected chi connectivity index (χ4v) is 3.47. The highest BCUT2D eigenvalue weighted by Crippen LogP contribution is 2.35. The van der Waals surface area contributed by atoms with Gasteiger partial charge in [-0.2, -0.15) is 0 Å². The molecule has 0 bridgehead atoms. The largest absolute Gasteiger partial charge is 0.508 e. The number of hydrogen-bond acceptors (Lipinski definition) is 2. The van der Waals surface area contributed by atoms with Gasteiger partial charge in [-0.25, -0.2) is 0 Å². The Kier molecular flexibility index (Phi) is 5.03. The molecular formula is C24H26O2. The molecule has 0 fully saturated rings. The van der Waals surface area contributed by atoms with E-state index in [0.717, 1.165) is 27.8 Å². The van der Waals surface area contributed by atoms with Gasteiger partial charge in [0.2, 0.25) is 0 Å². The molecule has 0 unspecified atom stereocenters. The Morgan fingerprint density at radius 2 is 1.58 bits per heavy atom. The van der Waals surface area contributed by atoms with Crippen molar-refractivity contribution >= 4 is 0 Å². The zero-order valence-corrected chi connectivity index (χ0v) is 15.9. The average Bonchev–Trinajstić information content (AvgIpc) is 2.61. The van der Waals surface area contributed by atoms with Gasteiger partial charge in [0.25, 0.3) is 0 Å². The lowest BCUT2D eigenvalue weighted by atomic mass is 9.89. The van der Waals surface area contributed by atoms with Crippen LogP contribution in [0.1, 0.15) is 47.6 Å². The van der Waals surface area contributed by atoms with E-state index in [1.165, 1.54) is 11.1 Å². The third-order valence-corrected chi connectivity index (χ3v) is 4.89. The molecule has 0 saturated heterocycles. The summed E-state index contributed by atoms with van der Waals surface area (Å²) in [4.78, 5) is 0. The van der Waals surface area contributed by atoms with Crippen LogP contribution in [0.25, 0.3) is 11.1 Å². The van der Waals surface area contributed by atoms with Crippen LogP contribution in [0.5, 0.6) is 11.5 Å². The molecule has 0 atom stereocenters. The van der Waals surface area contributed by atoms with Gasteiger partial charge in [-0.1, -0.05) is 55.8 Å². The monoisotopic (exact) mass is 346 g/mol. The molecule has 134 valence electrons. The molecule has 0 aliphatic carbocycles. The van der Waals surface area contributed by atoms with E-state index in [0.29, 0.717) is 18.1 Å². The second kappa shape index (κ2) is 7.25. The normalized spacial score (nSPS) is 11.1. The molecule has 0 saturated carbocycles. The summed E-state index contributed by atoms with van der Waals surface area (Å²) in [6, 6.07) is 18.1. The molecule has 3 rings (SSSR count). The van der Waals surface area contributed by atoms with E-state index in [4.69, 9.17) is 0 Å². The van der Waals surface area contributed by atoms with Crippen LogP contribution in [0.4, 0.5) is 0 Å². The predicted molar refractivity (Wildman–Crippen MR) is 108 cm³/mol. The standard InChI is InChI=1S/C24H26O2/c1-15(2)21-7-5-6-8-22(21)18-12-17(4)24(26)20(13-18)14-19-11-16(3)9-10-23(19)25/h5-13,15,25-26H,14H2,1-4H3. The second-order valence-electron chi connectivity index (χ2n) is 7.35. The predicted octanol–water partition coefficient (Wildman–Crippen LogP) is 6.10.